The van der Waals surface area contributed by atoms with E-state index in [9.17, 15) is 25.2 Å². The lowest BCUT2D eigenvalue weighted by Crippen LogP contribution is -2.59. The van der Waals surface area contributed by atoms with Crippen LogP contribution in [0.3, 0.4) is 0 Å². The van der Waals surface area contributed by atoms with Crippen molar-refractivity contribution in [3.8, 4) is 0 Å². The van der Waals surface area contributed by atoms with Crippen LogP contribution in [0.1, 0.15) is 65.7 Å². The second kappa shape index (κ2) is 16.8. The summed E-state index contributed by atoms with van der Waals surface area (Å²) in [6, 6.07) is 0. The first-order valence-corrected chi connectivity index (χ1v) is 16.1. The molecular formula is C33H52O11. The molecule has 4 bridgehead atoms. The highest BCUT2D eigenvalue weighted by Gasteiger charge is 2.45. The van der Waals surface area contributed by atoms with E-state index in [1.54, 1.807) is 13.0 Å². The number of ether oxygens (including phenoxy) is 6. The van der Waals surface area contributed by atoms with E-state index in [1.165, 1.54) is 13.2 Å². The van der Waals surface area contributed by atoms with E-state index in [4.69, 9.17) is 28.4 Å². The first-order valence-electron chi connectivity index (χ1n) is 16.1. The maximum Gasteiger partial charge on any atom is 0.330 e. The van der Waals surface area contributed by atoms with Gasteiger partial charge in [-0.05, 0) is 44.4 Å². The van der Waals surface area contributed by atoms with Gasteiger partial charge in [-0.3, -0.25) is 0 Å². The number of carbonyl (C=O) groups is 1. The molecule has 44 heavy (non-hydrogen) atoms. The Bertz CT molecular complexity index is 985. The fraction of sp³-hybridized carbons (Fsp3) is 0.788. The predicted octanol–water partition coefficient (Wildman–Crippen LogP) is 2.34. The van der Waals surface area contributed by atoms with Crippen LogP contribution in [0.4, 0.5) is 0 Å². The second-order valence-electron chi connectivity index (χ2n) is 12.9. The summed E-state index contributed by atoms with van der Waals surface area (Å²) in [6.45, 7) is 5.52. The first kappa shape index (κ1) is 35.2. The number of esters is 1. The summed E-state index contributed by atoms with van der Waals surface area (Å²) >= 11 is 0. The van der Waals surface area contributed by atoms with Crippen LogP contribution >= 0.6 is 0 Å². The number of hydrogen-bond donors (Lipinski definition) is 4. The summed E-state index contributed by atoms with van der Waals surface area (Å²) in [5.41, 5.74) is 0. The molecule has 0 spiro atoms. The molecule has 4 aliphatic heterocycles. The van der Waals surface area contributed by atoms with Gasteiger partial charge in [0.15, 0.2) is 6.29 Å². The number of fused-ring (bicyclic) bond motifs is 4. The van der Waals surface area contributed by atoms with Crippen LogP contribution in [0, 0.1) is 11.8 Å². The number of cyclic esters (lactones) is 1. The number of rotatable bonds is 4. The Labute approximate surface area is 260 Å². The van der Waals surface area contributed by atoms with E-state index >= 15 is 0 Å². The molecule has 250 valence electrons. The third-order valence-electron chi connectivity index (χ3n) is 9.17. The zero-order chi connectivity index (χ0) is 31.8. The maximum atomic E-state index is 12.6. The lowest BCUT2D eigenvalue weighted by Gasteiger charge is -2.43. The van der Waals surface area contributed by atoms with Crippen LogP contribution in [0.25, 0.3) is 0 Å². The summed E-state index contributed by atoms with van der Waals surface area (Å²) in [4.78, 5) is 12.6. The largest absolute Gasteiger partial charge is 0.457 e. The number of aliphatic hydroxyl groups is 4. The molecule has 11 heteroatoms. The molecule has 4 heterocycles. The van der Waals surface area contributed by atoms with Gasteiger partial charge in [0.1, 0.15) is 24.4 Å². The van der Waals surface area contributed by atoms with Gasteiger partial charge in [0.2, 0.25) is 0 Å². The molecule has 4 N–H and O–H groups in total. The Balaban J connectivity index is 1.47. The highest BCUT2D eigenvalue weighted by Crippen LogP contribution is 2.33. The second-order valence-corrected chi connectivity index (χ2v) is 12.9. The Kier molecular flexibility index (Phi) is 13.4. The molecule has 0 unspecified atom stereocenters. The Morgan fingerprint density at radius 2 is 1.64 bits per heavy atom. The maximum absolute atomic E-state index is 12.6. The number of hydrogen-bond acceptors (Lipinski definition) is 11. The van der Waals surface area contributed by atoms with Gasteiger partial charge in [0, 0.05) is 32.4 Å². The Morgan fingerprint density at radius 3 is 2.39 bits per heavy atom. The lowest BCUT2D eigenvalue weighted by atomic mass is 9.92. The highest BCUT2D eigenvalue weighted by molar-refractivity contribution is 5.82. The van der Waals surface area contributed by atoms with Crippen LogP contribution < -0.4 is 0 Å². The van der Waals surface area contributed by atoms with Crippen molar-refractivity contribution in [2.45, 2.75) is 139 Å². The minimum atomic E-state index is -1.15. The van der Waals surface area contributed by atoms with Crippen molar-refractivity contribution in [1.82, 2.24) is 0 Å². The molecule has 0 aromatic heterocycles. The molecule has 0 aliphatic carbocycles. The SMILES string of the molecule is CO[C@H]1[C@H](O[C@@H]2C[C@@H]3CC=CC(=O)O[C@@H](CO)C[C@@H](O)[C@H]4C[C@@H](C)[C@@H](CC=CC=C[C@H](C)C[C@H](C2)O3)O4)O[C@@H](C)[C@H](O)[C@H]1O. The van der Waals surface area contributed by atoms with Gasteiger partial charge in [-0.25, -0.2) is 4.79 Å². The Hall–Kier alpha value is -1.67. The topological polar surface area (TPSA) is 153 Å². The van der Waals surface area contributed by atoms with Crippen molar-refractivity contribution < 1.29 is 53.6 Å². The molecular weight excluding hydrogens is 572 g/mol. The average molecular weight is 625 g/mol. The van der Waals surface area contributed by atoms with Gasteiger partial charge in [-0.1, -0.05) is 44.2 Å². The molecule has 11 nitrogen and oxygen atoms in total. The summed E-state index contributed by atoms with van der Waals surface area (Å²) in [7, 11) is 1.45. The molecule has 3 fully saturated rings. The molecule has 4 aliphatic rings. The quantitative estimate of drug-likeness (QED) is 0.341. The van der Waals surface area contributed by atoms with E-state index in [-0.39, 0.29) is 48.8 Å². The fourth-order valence-electron chi connectivity index (χ4n) is 6.64. The molecule has 0 amide bonds. The van der Waals surface area contributed by atoms with E-state index in [0.717, 1.165) is 12.8 Å². The van der Waals surface area contributed by atoms with Crippen molar-refractivity contribution >= 4 is 5.97 Å². The van der Waals surface area contributed by atoms with Crippen LogP contribution in [0.5, 0.6) is 0 Å². The van der Waals surface area contributed by atoms with E-state index < -0.39 is 55.5 Å². The van der Waals surface area contributed by atoms with E-state index in [2.05, 4.69) is 26.0 Å². The van der Waals surface area contributed by atoms with Gasteiger partial charge in [0.25, 0.3) is 0 Å². The van der Waals surface area contributed by atoms with Crippen molar-refractivity contribution in [2.75, 3.05) is 13.7 Å². The highest BCUT2D eigenvalue weighted by atomic mass is 16.7. The van der Waals surface area contributed by atoms with Crippen LogP contribution in [-0.2, 0) is 33.2 Å². The third kappa shape index (κ3) is 9.67. The number of carbonyl (C=O) groups excluding carboxylic acids is 1. The van der Waals surface area contributed by atoms with Crippen molar-refractivity contribution in [1.29, 1.82) is 0 Å². The smallest absolute Gasteiger partial charge is 0.330 e. The van der Waals surface area contributed by atoms with Crippen molar-refractivity contribution in [3.05, 3.63) is 36.5 Å². The third-order valence-corrected chi connectivity index (χ3v) is 9.17. The molecule has 0 saturated carbocycles. The van der Waals surface area contributed by atoms with Gasteiger partial charge < -0.3 is 48.8 Å². The average Bonchev–Trinajstić information content (AvgIpc) is 3.35. The minimum Gasteiger partial charge on any atom is -0.457 e. The van der Waals surface area contributed by atoms with Gasteiger partial charge >= 0.3 is 5.97 Å². The lowest BCUT2D eigenvalue weighted by molar-refractivity contribution is -0.315. The van der Waals surface area contributed by atoms with Crippen LogP contribution in [0.15, 0.2) is 36.5 Å². The molecule has 3 saturated heterocycles. The fourth-order valence-corrected chi connectivity index (χ4v) is 6.64. The monoisotopic (exact) mass is 624 g/mol. The van der Waals surface area contributed by atoms with Crippen molar-refractivity contribution in [3.63, 3.8) is 0 Å². The number of aliphatic hydroxyl groups excluding tert-OH is 4. The molecule has 0 aromatic rings. The number of methoxy groups -OCH3 is 1. The van der Waals surface area contributed by atoms with Crippen LogP contribution in [-0.4, -0.2) is 114 Å². The first-order chi connectivity index (χ1) is 21.1. The predicted molar refractivity (Wildman–Crippen MR) is 160 cm³/mol. The molecule has 14 atom stereocenters. The zero-order valence-electron chi connectivity index (χ0n) is 26.4. The van der Waals surface area contributed by atoms with Gasteiger partial charge in [-0.2, -0.15) is 0 Å². The summed E-state index contributed by atoms with van der Waals surface area (Å²) in [5, 5.41) is 41.4. The Morgan fingerprint density at radius 1 is 0.864 bits per heavy atom. The normalized spacial score (nSPS) is 44.6. The van der Waals surface area contributed by atoms with Gasteiger partial charge in [0.05, 0.1) is 49.3 Å². The van der Waals surface area contributed by atoms with E-state index in [0.29, 0.717) is 25.7 Å². The number of allylic oxidation sites excluding steroid dienone is 3. The van der Waals surface area contributed by atoms with E-state index in [1.807, 2.05) is 12.2 Å². The molecule has 4 rings (SSSR count). The summed E-state index contributed by atoms with van der Waals surface area (Å²) < 4.78 is 35.7. The molecule has 0 radical (unpaired) electrons. The van der Waals surface area contributed by atoms with Crippen molar-refractivity contribution in [2.24, 2.45) is 11.8 Å². The zero-order valence-corrected chi connectivity index (χ0v) is 26.4. The van der Waals surface area contributed by atoms with Crippen LogP contribution in [0.2, 0.25) is 0 Å². The summed E-state index contributed by atoms with van der Waals surface area (Å²) in [5.74, 6) is -0.126. The van der Waals surface area contributed by atoms with Gasteiger partial charge in [-0.15, -0.1) is 0 Å². The minimum absolute atomic E-state index is 0.0217. The summed E-state index contributed by atoms with van der Waals surface area (Å²) in [6.07, 6.45) is 7.78. The standard InChI is InChI=1S/C33H52O11/c1-19-9-6-5-7-11-27-20(2)14-28(44-27)26(35)17-25(18-34)42-29(36)12-8-10-22-15-24(16-23(13-19)41-22)43-33-32(39-4)31(38)30(37)21(3)40-33/h5-9,12,19-28,30-35,37-38H,10-11,13-18H2,1-4H3/t19-,20+,21-,22-,23+,24+,25+,26+,27+,28+,30-,31+,32+,33-/m0/s1. The molecule has 0 aromatic carbocycles.